The van der Waals surface area contributed by atoms with Crippen molar-refractivity contribution in [1.82, 2.24) is 5.32 Å². The van der Waals surface area contributed by atoms with Gasteiger partial charge in [0, 0.05) is 10.5 Å². The van der Waals surface area contributed by atoms with Crippen molar-refractivity contribution < 1.29 is 9.59 Å². The standard InChI is InChI=1S/C17H16N2O2S/c1-11(12-5-3-2-4-6-12)18-17(21)13-7-8-15-14(9-13)19-16(20)10-22-15/h2-9,11H,10H2,1H3,(H,18,21)(H,19,20). The predicted octanol–water partition coefficient (Wildman–Crippen LogP) is 3.22. The minimum absolute atomic E-state index is 0.0345. The molecule has 0 radical (unpaired) electrons. The summed E-state index contributed by atoms with van der Waals surface area (Å²) in [6.45, 7) is 1.95. The van der Waals surface area contributed by atoms with Gasteiger partial charge in [-0.25, -0.2) is 0 Å². The van der Waals surface area contributed by atoms with E-state index in [0.717, 1.165) is 10.5 Å². The minimum atomic E-state index is -0.149. The zero-order valence-corrected chi connectivity index (χ0v) is 12.9. The molecule has 1 atom stereocenters. The van der Waals surface area contributed by atoms with Gasteiger partial charge in [-0.2, -0.15) is 0 Å². The van der Waals surface area contributed by atoms with Gasteiger partial charge in [-0.15, -0.1) is 11.8 Å². The molecular weight excluding hydrogens is 296 g/mol. The Hall–Kier alpha value is -2.27. The van der Waals surface area contributed by atoms with Crippen LogP contribution in [0.25, 0.3) is 0 Å². The van der Waals surface area contributed by atoms with Gasteiger partial charge in [0.05, 0.1) is 17.5 Å². The smallest absolute Gasteiger partial charge is 0.251 e. The monoisotopic (exact) mass is 312 g/mol. The number of thioether (sulfide) groups is 1. The summed E-state index contributed by atoms with van der Waals surface area (Å²) in [5, 5.41) is 5.77. The molecule has 1 aliphatic heterocycles. The molecule has 0 spiro atoms. The first-order valence-corrected chi connectivity index (χ1v) is 8.04. The van der Waals surface area contributed by atoms with Gasteiger partial charge in [-0.05, 0) is 30.7 Å². The van der Waals surface area contributed by atoms with E-state index in [1.807, 2.05) is 43.3 Å². The normalized spacial score (nSPS) is 14.7. The number of carbonyl (C=O) groups is 2. The molecule has 1 unspecified atom stereocenters. The summed E-state index contributed by atoms with van der Waals surface area (Å²) in [5.41, 5.74) is 2.31. The number of fused-ring (bicyclic) bond motifs is 1. The zero-order chi connectivity index (χ0) is 15.5. The Kier molecular flexibility index (Phi) is 4.15. The molecule has 0 saturated heterocycles. The van der Waals surface area contributed by atoms with E-state index in [-0.39, 0.29) is 17.9 Å². The zero-order valence-electron chi connectivity index (χ0n) is 12.1. The largest absolute Gasteiger partial charge is 0.346 e. The highest BCUT2D eigenvalue weighted by Crippen LogP contribution is 2.32. The second-order valence-electron chi connectivity index (χ2n) is 5.15. The molecule has 0 saturated carbocycles. The molecule has 1 aliphatic rings. The molecule has 0 aromatic heterocycles. The maximum Gasteiger partial charge on any atom is 0.251 e. The van der Waals surface area contributed by atoms with E-state index in [0.29, 0.717) is 17.0 Å². The van der Waals surface area contributed by atoms with Crippen molar-refractivity contribution in [2.75, 3.05) is 11.1 Å². The number of hydrogen-bond donors (Lipinski definition) is 2. The molecule has 2 aromatic carbocycles. The van der Waals surface area contributed by atoms with Crippen LogP contribution in [-0.2, 0) is 4.79 Å². The van der Waals surface area contributed by atoms with Crippen molar-refractivity contribution >= 4 is 29.3 Å². The quantitative estimate of drug-likeness (QED) is 0.915. The molecule has 5 heteroatoms. The third-order valence-electron chi connectivity index (χ3n) is 3.52. The lowest BCUT2D eigenvalue weighted by atomic mass is 10.1. The molecule has 4 nitrogen and oxygen atoms in total. The summed E-state index contributed by atoms with van der Waals surface area (Å²) < 4.78 is 0. The van der Waals surface area contributed by atoms with E-state index in [1.165, 1.54) is 11.8 Å². The average Bonchev–Trinajstić information content (AvgIpc) is 2.54. The van der Waals surface area contributed by atoms with E-state index in [2.05, 4.69) is 10.6 Å². The van der Waals surface area contributed by atoms with Crippen LogP contribution >= 0.6 is 11.8 Å². The fraction of sp³-hybridized carbons (Fsp3) is 0.176. The molecule has 0 aliphatic carbocycles. The molecule has 2 N–H and O–H groups in total. The number of benzene rings is 2. The fourth-order valence-corrected chi connectivity index (χ4v) is 3.12. The summed E-state index contributed by atoms with van der Waals surface area (Å²) in [6.07, 6.45) is 0. The van der Waals surface area contributed by atoms with Crippen LogP contribution in [0.1, 0.15) is 28.9 Å². The molecular formula is C17H16N2O2S. The highest BCUT2D eigenvalue weighted by molar-refractivity contribution is 8.00. The van der Waals surface area contributed by atoms with E-state index in [9.17, 15) is 9.59 Å². The second-order valence-corrected chi connectivity index (χ2v) is 6.17. The first kappa shape index (κ1) is 14.7. The topological polar surface area (TPSA) is 58.2 Å². The molecule has 0 bridgehead atoms. The molecule has 112 valence electrons. The van der Waals surface area contributed by atoms with Gasteiger partial charge in [-0.3, -0.25) is 9.59 Å². The Morgan fingerprint density at radius 3 is 2.77 bits per heavy atom. The van der Waals surface area contributed by atoms with E-state index in [1.54, 1.807) is 12.1 Å². The predicted molar refractivity (Wildman–Crippen MR) is 88.1 cm³/mol. The van der Waals surface area contributed by atoms with Crippen LogP contribution in [0.2, 0.25) is 0 Å². The van der Waals surface area contributed by atoms with Crippen molar-refractivity contribution in [3.05, 3.63) is 59.7 Å². The van der Waals surface area contributed by atoms with Gasteiger partial charge >= 0.3 is 0 Å². The number of anilines is 1. The number of hydrogen-bond acceptors (Lipinski definition) is 3. The molecule has 22 heavy (non-hydrogen) atoms. The van der Waals surface area contributed by atoms with Crippen molar-refractivity contribution in [3.63, 3.8) is 0 Å². The summed E-state index contributed by atoms with van der Waals surface area (Å²) in [6, 6.07) is 15.1. The van der Waals surface area contributed by atoms with Gasteiger partial charge in [0.25, 0.3) is 5.91 Å². The number of carbonyl (C=O) groups excluding carboxylic acids is 2. The summed E-state index contributed by atoms with van der Waals surface area (Å²) in [5.74, 6) is 0.237. The van der Waals surface area contributed by atoms with E-state index >= 15 is 0 Å². The van der Waals surface area contributed by atoms with Crippen LogP contribution in [0.5, 0.6) is 0 Å². The minimum Gasteiger partial charge on any atom is -0.346 e. The Labute approximate surface area is 133 Å². The maximum atomic E-state index is 12.4. The molecule has 1 heterocycles. The number of amides is 2. The number of nitrogens with one attached hydrogen (secondary N) is 2. The summed E-state index contributed by atoms with van der Waals surface area (Å²) in [7, 11) is 0. The first-order valence-electron chi connectivity index (χ1n) is 7.06. The summed E-state index contributed by atoms with van der Waals surface area (Å²) in [4.78, 5) is 24.8. The Balaban J connectivity index is 1.75. The van der Waals surface area contributed by atoms with Crippen molar-refractivity contribution in [2.45, 2.75) is 17.9 Å². The molecule has 0 fully saturated rings. The van der Waals surface area contributed by atoms with Crippen LogP contribution in [-0.4, -0.2) is 17.6 Å². The maximum absolute atomic E-state index is 12.4. The molecule has 2 aromatic rings. The Morgan fingerprint density at radius 1 is 1.23 bits per heavy atom. The van der Waals surface area contributed by atoms with Crippen molar-refractivity contribution in [2.24, 2.45) is 0 Å². The lowest BCUT2D eigenvalue weighted by molar-refractivity contribution is -0.113. The highest BCUT2D eigenvalue weighted by Gasteiger charge is 2.18. The van der Waals surface area contributed by atoms with Crippen LogP contribution in [0.15, 0.2) is 53.4 Å². The van der Waals surface area contributed by atoms with Crippen molar-refractivity contribution in [3.8, 4) is 0 Å². The third kappa shape index (κ3) is 3.14. The first-order chi connectivity index (χ1) is 10.6. The van der Waals surface area contributed by atoms with Crippen LogP contribution in [0.4, 0.5) is 5.69 Å². The van der Waals surface area contributed by atoms with Crippen molar-refractivity contribution in [1.29, 1.82) is 0 Å². The third-order valence-corrected chi connectivity index (χ3v) is 4.60. The second kappa shape index (κ2) is 6.23. The van der Waals surface area contributed by atoms with Gasteiger partial charge in [0.15, 0.2) is 0 Å². The van der Waals surface area contributed by atoms with E-state index in [4.69, 9.17) is 0 Å². The van der Waals surface area contributed by atoms with Gasteiger partial charge in [-0.1, -0.05) is 30.3 Å². The lowest BCUT2D eigenvalue weighted by Crippen LogP contribution is -2.27. The van der Waals surface area contributed by atoms with Gasteiger partial charge < -0.3 is 10.6 Å². The average molecular weight is 312 g/mol. The number of rotatable bonds is 3. The van der Waals surface area contributed by atoms with Crippen LogP contribution in [0, 0.1) is 0 Å². The van der Waals surface area contributed by atoms with Crippen LogP contribution in [0.3, 0.4) is 0 Å². The fourth-order valence-electron chi connectivity index (χ4n) is 2.33. The van der Waals surface area contributed by atoms with E-state index < -0.39 is 0 Å². The van der Waals surface area contributed by atoms with Gasteiger partial charge in [0.1, 0.15) is 0 Å². The Morgan fingerprint density at radius 2 is 2.00 bits per heavy atom. The SMILES string of the molecule is CC(NC(=O)c1ccc2c(c1)NC(=O)CS2)c1ccccc1. The molecule has 3 rings (SSSR count). The molecule has 2 amide bonds. The lowest BCUT2D eigenvalue weighted by Gasteiger charge is -2.18. The van der Waals surface area contributed by atoms with Crippen LogP contribution < -0.4 is 10.6 Å². The Bertz CT molecular complexity index is 716. The van der Waals surface area contributed by atoms with Gasteiger partial charge in [0.2, 0.25) is 5.91 Å². The summed E-state index contributed by atoms with van der Waals surface area (Å²) >= 11 is 1.48. The highest BCUT2D eigenvalue weighted by atomic mass is 32.2.